The Morgan fingerprint density at radius 2 is 2.24 bits per heavy atom. The Hall–Kier alpha value is -1.57. The molecule has 136 valence electrons. The number of hydrogen-bond acceptors (Lipinski definition) is 2. The molecule has 2 aromatic rings. The first-order valence-corrected chi connectivity index (χ1v) is 8.88. The van der Waals surface area contributed by atoms with Crippen molar-refractivity contribution < 1.29 is 0 Å². The lowest BCUT2D eigenvalue weighted by atomic mass is 10.0. The third-order valence-electron chi connectivity index (χ3n) is 4.38. The summed E-state index contributed by atoms with van der Waals surface area (Å²) in [6.07, 6.45) is 6.33. The standard InChI is InChI=1S/C19H27N5.HI/c1-3-20-19(23-11-5-7-16(2)15-23)21-14-17-8-4-9-18(13-17)24-12-6-10-22-24;/h4,6,8-10,12-13,16H,3,5,7,11,14-15H2,1-2H3,(H,20,21);1H. The second-order valence-corrected chi connectivity index (χ2v) is 6.48. The van der Waals surface area contributed by atoms with E-state index in [-0.39, 0.29) is 24.0 Å². The molecule has 1 unspecified atom stereocenters. The predicted octanol–water partition coefficient (Wildman–Crippen LogP) is 3.69. The van der Waals surface area contributed by atoms with E-state index in [1.807, 2.05) is 16.9 Å². The van der Waals surface area contributed by atoms with Gasteiger partial charge in [-0.05, 0) is 49.4 Å². The van der Waals surface area contributed by atoms with Crippen LogP contribution in [0.3, 0.4) is 0 Å². The summed E-state index contributed by atoms with van der Waals surface area (Å²) in [7, 11) is 0. The van der Waals surface area contributed by atoms with E-state index in [9.17, 15) is 0 Å². The predicted molar refractivity (Wildman–Crippen MR) is 114 cm³/mol. The highest BCUT2D eigenvalue weighted by Gasteiger charge is 2.18. The fraction of sp³-hybridized carbons (Fsp3) is 0.474. The number of nitrogens with zero attached hydrogens (tertiary/aromatic N) is 4. The van der Waals surface area contributed by atoms with Gasteiger partial charge in [0.15, 0.2) is 5.96 Å². The van der Waals surface area contributed by atoms with Crippen molar-refractivity contribution in [1.29, 1.82) is 0 Å². The molecule has 6 heteroatoms. The van der Waals surface area contributed by atoms with Crippen LogP contribution >= 0.6 is 24.0 Å². The summed E-state index contributed by atoms with van der Waals surface area (Å²) in [6, 6.07) is 10.3. The molecule has 1 N–H and O–H groups in total. The molecule has 0 bridgehead atoms. The number of nitrogens with one attached hydrogen (secondary N) is 1. The van der Waals surface area contributed by atoms with E-state index in [0.717, 1.165) is 37.2 Å². The summed E-state index contributed by atoms with van der Waals surface area (Å²) in [5.74, 6) is 1.78. The van der Waals surface area contributed by atoms with E-state index in [1.165, 1.54) is 18.4 Å². The minimum Gasteiger partial charge on any atom is -0.357 e. The molecule has 0 saturated carbocycles. The van der Waals surface area contributed by atoms with Crippen LogP contribution in [0.1, 0.15) is 32.3 Å². The van der Waals surface area contributed by atoms with Gasteiger partial charge in [-0.25, -0.2) is 9.67 Å². The Morgan fingerprint density at radius 3 is 2.96 bits per heavy atom. The first-order chi connectivity index (χ1) is 11.8. The highest BCUT2D eigenvalue weighted by atomic mass is 127. The quantitative estimate of drug-likeness (QED) is 0.437. The van der Waals surface area contributed by atoms with Gasteiger partial charge >= 0.3 is 0 Å². The van der Waals surface area contributed by atoms with Gasteiger partial charge < -0.3 is 10.2 Å². The Balaban J connectivity index is 0.00000225. The molecular formula is C19H28IN5. The van der Waals surface area contributed by atoms with Gasteiger partial charge in [0.1, 0.15) is 0 Å². The molecule has 1 saturated heterocycles. The zero-order valence-corrected chi connectivity index (χ0v) is 17.4. The lowest BCUT2D eigenvalue weighted by Gasteiger charge is -2.33. The number of rotatable bonds is 4. The van der Waals surface area contributed by atoms with Crippen LogP contribution in [-0.2, 0) is 6.54 Å². The molecule has 25 heavy (non-hydrogen) atoms. The first-order valence-electron chi connectivity index (χ1n) is 8.88. The van der Waals surface area contributed by atoms with Crippen LogP contribution < -0.4 is 5.32 Å². The Kier molecular flexibility index (Phi) is 7.74. The van der Waals surface area contributed by atoms with Crippen LogP contribution in [0.5, 0.6) is 0 Å². The van der Waals surface area contributed by atoms with Gasteiger partial charge in [-0.3, -0.25) is 0 Å². The normalized spacial score (nSPS) is 17.9. The molecule has 1 aromatic carbocycles. The number of benzene rings is 1. The fourth-order valence-electron chi connectivity index (χ4n) is 3.19. The number of likely N-dealkylation sites (tertiary alicyclic amines) is 1. The summed E-state index contributed by atoms with van der Waals surface area (Å²) in [5, 5.41) is 7.74. The van der Waals surface area contributed by atoms with Crippen molar-refractivity contribution in [3.05, 3.63) is 48.3 Å². The molecule has 1 fully saturated rings. The van der Waals surface area contributed by atoms with Crippen LogP contribution in [0.25, 0.3) is 5.69 Å². The molecule has 0 radical (unpaired) electrons. The number of halogens is 1. The highest BCUT2D eigenvalue weighted by molar-refractivity contribution is 14.0. The zero-order chi connectivity index (χ0) is 16.8. The van der Waals surface area contributed by atoms with Gasteiger partial charge in [-0.2, -0.15) is 5.10 Å². The summed E-state index contributed by atoms with van der Waals surface area (Å²) < 4.78 is 1.88. The molecule has 1 aromatic heterocycles. The monoisotopic (exact) mass is 453 g/mol. The number of aliphatic imine (C=N–C) groups is 1. The SMILES string of the molecule is CCNC(=NCc1cccc(-n2cccn2)c1)N1CCCC(C)C1.I. The maximum atomic E-state index is 4.87. The molecule has 1 atom stereocenters. The molecule has 3 rings (SSSR count). The first kappa shape index (κ1) is 19.8. The average Bonchev–Trinajstić information content (AvgIpc) is 3.13. The minimum atomic E-state index is 0. The van der Waals surface area contributed by atoms with E-state index < -0.39 is 0 Å². The second-order valence-electron chi connectivity index (χ2n) is 6.48. The number of hydrogen-bond donors (Lipinski definition) is 1. The van der Waals surface area contributed by atoms with Crippen molar-refractivity contribution in [3.63, 3.8) is 0 Å². The largest absolute Gasteiger partial charge is 0.357 e. The minimum absolute atomic E-state index is 0. The molecule has 1 aliphatic rings. The van der Waals surface area contributed by atoms with Gasteiger partial charge in [0.05, 0.1) is 12.2 Å². The Labute approximate surface area is 167 Å². The summed E-state index contributed by atoms with van der Waals surface area (Å²) >= 11 is 0. The number of guanidine groups is 1. The summed E-state index contributed by atoms with van der Waals surface area (Å²) in [6.45, 7) is 8.23. The molecule has 2 heterocycles. The van der Waals surface area contributed by atoms with E-state index >= 15 is 0 Å². The van der Waals surface area contributed by atoms with Crippen LogP contribution in [0.15, 0.2) is 47.7 Å². The molecular weight excluding hydrogens is 425 g/mol. The second kappa shape index (κ2) is 9.79. The maximum Gasteiger partial charge on any atom is 0.194 e. The number of aromatic nitrogens is 2. The van der Waals surface area contributed by atoms with Crippen molar-refractivity contribution in [1.82, 2.24) is 20.0 Å². The van der Waals surface area contributed by atoms with Gasteiger partial charge in [0.25, 0.3) is 0 Å². The third-order valence-corrected chi connectivity index (χ3v) is 4.38. The van der Waals surface area contributed by atoms with Crippen LogP contribution in [0, 0.1) is 5.92 Å². The molecule has 0 aliphatic carbocycles. The fourth-order valence-corrected chi connectivity index (χ4v) is 3.19. The van der Waals surface area contributed by atoms with Crippen LogP contribution in [0.2, 0.25) is 0 Å². The lowest BCUT2D eigenvalue weighted by molar-refractivity contribution is 0.266. The van der Waals surface area contributed by atoms with E-state index in [2.05, 4.69) is 53.4 Å². The van der Waals surface area contributed by atoms with Gasteiger partial charge in [-0.1, -0.05) is 19.1 Å². The van der Waals surface area contributed by atoms with Crippen LogP contribution in [-0.4, -0.2) is 40.3 Å². The van der Waals surface area contributed by atoms with E-state index in [4.69, 9.17) is 4.99 Å². The molecule has 0 spiro atoms. The van der Waals surface area contributed by atoms with Crippen molar-refractivity contribution in [2.24, 2.45) is 10.9 Å². The highest BCUT2D eigenvalue weighted by Crippen LogP contribution is 2.16. The third kappa shape index (κ3) is 5.45. The summed E-state index contributed by atoms with van der Waals surface area (Å²) in [5.41, 5.74) is 2.27. The van der Waals surface area contributed by atoms with Crippen molar-refractivity contribution >= 4 is 29.9 Å². The van der Waals surface area contributed by atoms with Gasteiger partial charge in [0, 0.05) is 32.0 Å². The van der Waals surface area contributed by atoms with Gasteiger partial charge in [0.2, 0.25) is 0 Å². The van der Waals surface area contributed by atoms with E-state index in [0.29, 0.717) is 6.54 Å². The van der Waals surface area contributed by atoms with Crippen molar-refractivity contribution in [3.8, 4) is 5.69 Å². The van der Waals surface area contributed by atoms with Crippen LogP contribution in [0.4, 0.5) is 0 Å². The molecule has 0 amide bonds. The Bertz CT molecular complexity index is 668. The van der Waals surface area contributed by atoms with Crippen molar-refractivity contribution in [2.75, 3.05) is 19.6 Å². The average molecular weight is 453 g/mol. The topological polar surface area (TPSA) is 45.5 Å². The zero-order valence-electron chi connectivity index (χ0n) is 15.1. The van der Waals surface area contributed by atoms with E-state index in [1.54, 1.807) is 6.20 Å². The Morgan fingerprint density at radius 1 is 1.36 bits per heavy atom. The lowest BCUT2D eigenvalue weighted by Crippen LogP contribution is -2.46. The summed E-state index contributed by atoms with van der Waals surface area (Å²) in [4.78, 5) is 7.26. The van der Waals surface area contributed by atoms with Gasteiger partial charge in [-0.15, -0.1) is 24.0 Å². The smallest absolute Gasteiger partial charge is 0.194 e. The number of piperidine rings is 1. The molecule has 1 aliphatic heterocycles. The molecule has 5 nitrogen and oxygen atoms in total. The maximum absolute atomic E-state index is 4.87. The van der Waals surface area contributed by atoms with Crippen molar-refractivity contribution in [2.45, 2.75) is 33.2 Å².